The van der Waals surface area contributed by atoms with Gasteiger partial charge in [-0.05, 0) is 47.5 Å². The minimum Gasteiger partial charge on any atom is -0.497 e. The minimum atomic E-state index is -3.62. The molecule has 0 radical (unpaired) electrons. The molecule has 3 aromatic carbocycles. The number of nitrogens with zero attached hydrogens (tertiary/aromatic N) is 2. The molecule has 39 heavy (non-hydrogen) atoms. The first-order valence-corrected chi connectivity index (χ1v) is 14.1. The standard InChI is InChI=1S/C29H34N2O7S/c1-35-25-7-4-6-24(18-25)28(38-21-22-10-12-23(13-11-22)29(32)37-3)20-30-14-16-31(17-15-30)39(33,34)27-9-5-8-26(19-27)36-2/h4-13,18-19,28H,14-17,20-21H2,1-3H3/t28-/m1/s1. The molecule has 1 aliphatic rings. The van der Waals surface area contributed by atoms with Crippen LogP contribution in [0, 0.1) is 0 Å². The van der Waals surface area contributed by atoms with Gasteiger partial charge in [0, 0.05) is 38.8 Å². The van der Waals surface area contributed by atoms with Crippen molar-refractivity contribution < 1.29 is 32.2 Å². The molecule has 0 N–H and O–H groups in total. The molecule has 1 saturated heterocycles. The molecule has 0 bridgehead atoms. The van der Waals surface area contributed by atoms with E-state index in [2.05, 4.69) is 4.90 Å². The molecule has 0 aromatic heterocycles. The number of sulfonamides is 1. The fraction of sp³-hybridized carbons (Fsp3) is 0.345. The average Bonchev–Trinajstić information content (AvgIpc) is 2.99. The number of rotatable bonds is 11. The number of ether oxygens (including phenoxy) is 4. The summed E-state index contributed by atoms with van der Waals surface area (Å²) in [6.45, 7) is 2.81. The fourth-order valence-electron chi connectivity index (χ4n) is 4.45. The maximum absolute atomic E-state index is 13.2. The maximum Gasteiger partial charge on any atom is 0.337 e. The van der Waals surface area contributed by atoms with E-state index in [0.29, 0.717) is 50.6 Å². The van der Waals surface area contributed by atoms with Crippen LogP contribution >= 0.6 is 0 Å². The predicted molar refractivity (Wildman–Crippen MR) is 146 cm³/mol. The van der Waals surface area contributed by atoms with Crippen LogP contribution in [0.5, 0.6) is 11.5 Å². The molecular weight excluding hydrogens is 520 g/mol. The van der Waals surface area contributed by atoms with Gasteiger partial charge in [-0.15, -0.1) is 0 Å². The van der Waals surface area contributed by atoms with Crippen LogP contribution in [0.4, 0.5) is 0 Å². The van der Waals surface area contributed by atoms with E-state index in [-0.39, 0.29) is 17.0 Å². The molecule has 1 atom stereocenters. The molecule has 0 unspecified atom stereocenters. The van der Waals surface area contributed by atoms with Gasteiger partial charge in [0.2, 0.25) is 10.0 Å². The quantitative estimate of drug-likeness (QED) is 0.331. The molecule has 208 valence electrons. The number of piperazine rings is 1. The molecule has 3 aromatic rings. The second-order valence-corrected chi connectivity index (χ2v) is 11.1. The molecular formula is C29H34N2O7S. The monoisotopic (exact) mass is 554 g/mol. The Hall–Kier alpha value is -3.44. The van der Waals surface area contributed by atoms with Gasteiger partial charge >= 0.3 is 5.97 Å². The predicted octanol–water partition coefficient (Wildman–Crippen LogP) is 3.75. The third-order valence-corrected chi connectivity index (χ3v) is 8.62. The van der Waals surface area contributed by atoms with Crippen LogP contribution in [-0.2, 0) is 26.1 Å². The number of carbonyl (C=O) groups excluding carboxylic acids is 1. The Balaban J connectivity index is 1.43. The van der Waals surface area contributed by atoms with Gasteiger partial charge in [-0.3, -0.25) is 4.90 Å². The van der Waals surface area contributed by atoms with Crippen LogP contribution in [-0.4, -0.2) is 77.6 Å². The summed E-state index contributed by atoms with van der Waals surface area (Å²) in [5.41, 5.74) is 2.36. The topological polar surface area (TPSA) is 94.6 Å². The van der Waals surface area contributed by atoms with Gasteiger partial charge in [-0.2, -0.15) is 4.31 Å². The van der Waals surface area contributed by atoms with Gasteiger partial charge in [0.25, 0.3) is 0 Å². The van der Waals surface area contributed by atoms with Crippen molar-refractivity contribution in [2.45, 2.75) is 17.6 Å². The molecule has 4 rings (SSSR count). The lowest BCUT2D eigenvalue weighted by Crippen LogP contribution is -2.49. The summed E-state index contributed by atoms with van der Waals surface area (Å²) in [4.78, 5) is 14.2. The van der Waals surface area contributed by atoms with Crippen LogP contribution in [0.1, 0.15) is 27.6 Å². The third-order valence-electron chi connectivity index (χ3n) is 6.73. The molecule has 1 aliphatic heterocycles. The second-order valence-electron chi connectivity index (χ2n) is 9.15. The normalized spacial score (nSPS) is 15.5. The highest BCUT2D eigenvalue weighted by Crippen LogP contribution is 2.26. The van der Waals surface area contributed by atoms with Crippen LogP contribution in [0.3, 0.4) is 0 Å². The van der Waals surface area contributed by atoms with Crippen molar-refractivity contribution in [2.75, 3.05) is 54.1 Å². The number of hydrogen-bond donors (Lipinski definition) is 0. The Morgan fingerprint density at radius 2 is 1.49 bits per heavy atom. The highest BCUT2D eigenvalue weighted by molar-refractivity contribution is 7.89. The lowest BCUT2D eigenvalue weighted by molar-refractivity contribution is 0.00761. The summed E-state index contributed by atoms with van der Waals surface area (Å²) in [5, 5.41) is 0. The van der Waals surface area contributed by atoms with Gasteiger partial charge in [-0.1, -0.05) is 30.3 Å². The Bertz CT molecular complexity index is 1350. The zero-order valence-electron chi connectivity index (χ0n) is 22.4. The molecule has 10 heteroatoms. The second kappa shape index (κ2) is 13.1. The lowest BCUT2D eigenvalue weighted by atomic mass is 10.1. The van der Waals surface area contributed by atoms with Gasteiger partial charge < -0.3 is 18.9 Å². The summed E-state index contributed by atoms with van der Waals surface area (Å²) >= 11 is 0. The number of hydrogen-bond acceptors (Lipinski definition) is 8. The van der Waals surface area contributed by atoms with Crippen LogP contribution < -0.4 is 9.47 Å². The van der Waals surface area contributed by atoms with E-state index in [0.717, 1.165) is 16.9 Å². The zero-order valence-corrected chi connectivity index (χ0v) is 23.2. The zero-order chi connectivity index (χ0) is 27.8. The van der Waals surface area contributed by atoms with Crippen molar-refractivity contribution in [2.24, 2.45) is 0 Å². The molecule has 1 heterocycles. The third kappa shape index (κ3) is 7.15. The summed E-state index contributed by atoms with van der Waals surface area (Å²) < 4.78 is 49.7. The van der Waals surface area contributed by atoms with E-state index in [1.165, 1.54) is 18.5 Å². The van der Waals surface area contributed by atoms with Crippen molar-refractivity contribution in [1.29, 1.82) is 0 Å². The van der Waals surface area contributed by atoms with E-state index >= 15 is 0 Å². The Kier molecular flexibility index (Phi) is 9.58. The molecule has 0 aliphatic carbocycles. The van der Waals surface area contributed by atoms with Crippen molar-refractivity contribution in [3.8, 4) is 11.5 Å². The summed E-state index contributed by atoms with van der Waals surface area (Å²) in [7, 11) is 0.875. The lowest BCUT2D eigenvalue weighted by Gasteiger charge is -2.36. The number of carbonyl (C=O) groups is 1. The molecule has 1 fully saturated rings. The Morgan fingerprint density at radius 3 is 2.13 bits per heavy atom. The van der Waals surface area contributed by atoms with Crippen molar-refractivity contribution in [3.63, 3.8) is 0 Å². The number of benzene rings is 3. The first-order chi connectivity index (χ1) is 18.8. The minimum absolute atomic E-state index is 0.228. The smallest absolute Gasteiger partial charge is 0.337 e. The molecule has 0 spiro atoms. The van der Waals surface area contributed by atoms with E-state index in [1.54, 1.807) is 43.5 Å². The first kappa shape index (κ1) is 28.6. The molecule has 0 amide bonds. The van der Waals surface area contributed by atoms with Crippen molar-refractivity contribution in [3.05, 3.63) is 89.5 Å². The summed E-state index contributed by atoms with van der Waals surface area (Å²) in [5.74, 6) is 0.856. The number of methoxy groups -OCH3 is 3. The SMILES string of the molecule is COC(=O)c1ccc(CO[C@H](CN2CCN(S(=O)(=O)c3cccc(OC)c3)CC2)c2cccc(OC)c2)cc1. The van der Waals surface area contributed by atoms with E-state index < -0.39 is 10.0 Å². The van der Waals surface area contributed by atoms with Crippen LogP contribution in [0.25, 0.3) is 0 Å². The van der Waals surface area contributed by atoms with Crippen LogP contribution in [0.15, 0.2) is 77.7 Å². The van der Waals surface area contributed by atoms with Gasteiger partial charge in [-0.25, -0.2) is 13.2 Å². The van der Waals surface area contributed by atoms with Crippen molar-refractivity contribution >= 4 is 16.0 Å². The largest absolute Gasteiger partial charge is 0.497 e. The highest BCUT2D eigenvalue weighted by atomic mass is 32.2. The highest BCUT2D eigenvalue weighted by Gasteiger charge is 2.30. The van der Waals surface area contributed by atoms with Crippen molar-refractivity contribution in [1.82, 2.24) is 9.21 Å². The van der Waals surface area contributed by atoms with E-state index in [9.17, 15) is 13.2 Å². The van der Waals surface area contributed by atoms with Crippen LogP contribution in [0.2, 0.25) is 0 Å². The average molecular weight is 555 g/mol. The van der Waals surface area contributed by atoms with Gasteiger partial charge in [0.1, 0.15) is 11.5 Å². The Morgan fingerprint density at radius 1 is 0.846 bits per heavy atom. The van der Waals surface area contributed by atoms with Gasteiger partial charge in [0.05, 0.1) is 44.5 Å². The van der Waals surface area contributed by atoms with E-state index in [4.69, 9.17) is 18.9 Å². The first-order valence-electron chi connectivity index (χ1n) is 12.6. The Labute approximate surface area is 229 Å². The molecule has 0 saturated carbocycles. The van der Waals surface area contributed by atoms with Gasteiger partial charge in [0.15, 0.2) is 0 Å². The number of esters is 1. The summed E-state index contributed by atoms with van der Waals surface area (Å²) in [6, 6.07) is 21.4. The van der Waals surface area contributed by atoms with E-state index in [1.807, 2.05) is 36.4 Å². The fourth-order valence-corrected chi connectivity index (χ4v) is 5.90. The summed E-state index contributed by atoms with van der Waals surface area (Å²) in [6.07, 6.45) is -0.276. The maximum atomic E-state index is 13.2. The molecule has 9 nitrogen and oxygen atoms in total.